The van der Waals surface area contributed by atoms with Gasteiger partial charge in [-0.05, 0) is 31.2 Å². The van der Waals surface area contributed by atoms with Crippen LogP contribution < -0.4 is 10.9 Å². The number of rotatable bonds is 2. The van der Waals surface area contributed by atoms with Crippen LogP contribution in [0.5, 0.6) is 0 Å². The summed E-state index contributed by atoms with van der Waals surface area (Å²) in [5, 5.41) is 9.92. The fraction of sp³-hybridized carbons (Fsp3) is 0.0909. The van der Waals surface area contributed by atoms with Crippen molar-refractivity contribution in [3.63, 3.8) is 0 Å². The number of amides is 1. The number of aryl methyl sites for hydroxylation is 1. The van der Waals surface area contributed by atoms with Crippen LogP contribution in [0.3, 0.4) is 0 Å². The number of H-pyrrole nitrogens is 1. The smallest absolute Gasteiger partial charge is 0.262 e. The normalized spacial score (nSPS) is 10.1. The predicted octanol–water partition coefficient (Wildman–Crippen LogP) is 1.38. The van der Waals surface area contributed by atoms with Gasteiger partial charge in [0, 0.05) is 5.69 Å². The van der Waals surface area contributed by atoms with E-state index in [1.54, 1.807) is 13.0 Å². The van der Waals surface area contributed by atoms with E-state index in [9.17, 15) is 9.59 Å². The van der Waals surface area contributed by atoms with Gasteiger partial charge in [-0.3, -0.25) is 9.59 Å². The van der Waals surface area contributed by atoms with Crippen molar-refractivity contribution in [2.24, 2.45) is 0 Å². The maximum Gasteiger partial charge on any atom is 0.262 e. The van der Waals surface area contributed by atoms with Crippen LogP contribution in [0.4, 0.5) is 5.82 Å². The van der Waals surface area contributed by atoms with Gasteiger partial charge >= 0.3 is 0 Å². The summed E-state index contributed by atoms with van der Waals surface area (Å²) in [6.45, 7) is 1.73. The molecule has 18 heavy (non-hydrogen) atoms. The number of carbonyl (C=O) groups is 1. The van der Waals surface area contributed by atoms with Crippen LogP contribution in [0.1, 0.15) is 16.1 Å². The Bertz CT molecular complexity index is 636. The Hall–Kier alpha value is -2.21. The molecular weight excluding hydrogens is 256 g/mol. The molecule has 0 aliphatic carbocycles. The standard InChI is InChI=1S/C11H9ClN4O2/c1-6-2-3-7(10(17)13-6)11(18)14-9-5-4-8(12)15-16-9/h2-5H,1H3,(H,13,17)(H,14,16,18). The third-order valence-corrected chi connectivity index (χ3v) is 2.38. The monoisotopic (exact) mass is 264 g/mol. The highest BCUT2D eigenvalue weighted by Crippen LogP contribution is 2.07. The van der Waals surface area contributed by atoms with Crippen LogP contribution >= 0.6 is 11.6 Å². The number of aromatic nitrogens is 3. The molecule has 0 radical (unpaired) electrons. The summed E-state index contributed by atoms with van der Waals surface area (Å²) >= 11 is 5.57. The number of aromatic amines is 1. The van der Waals surface area contributed by atoms with Crippen molar-refractivity contribution in [2.45, 2.75) is 6.92 Å². The summed E-state index contributed by atoms with van der Waals surface area (Å²) in [5.41, 5.74) is 0.245. The molecule has 0 fully saturated rings. The first-order chi connectivity index (χ1) is 8.56. The molecule has 0 bridgehead atoms. The molecule has 6 nitrogen and oxygen atoms in total. The quantitative estimate of drug-likeness (QED) is 0.858. The number of hydrogen-bond donors (Lipinski definition) is 2. The van der Waals surface area contributed by atoms with Crippen molar-refractivity contribution in [3.05, 3.63) is 51.0 Å². The Morgan fingerprint density at radius 3 is 2.67 bits per heavy atom. The maximum atomic E-state index is 11.8. The van der Waals surface area contributed by atoms with E-state index in [0.717, 1.165) is 0 Å². The largest absolute Gasteiger partial charge is 0.326 e. The van der Waals surface area contributed by atoms with Crippen LogP contribution in [-0.2, 0) is 0 Å². The molecule has 7 heteroatoms. The van der Waals surface area contributed by atoms with Gasteiger partial charge in [-0.2, -0.15) is 0 Å². The van der Waals surface area contributed by atoms with Crippen molar-refractivity contribution in [3.8, 4) is 0 Å². The van der Waals surface area contributed by atoms with Gasteiger partial charge in [0.25, 0.3) is 11.5 Å². The summed E-state index contributed by atoms with van der Waals surface area (Å²) in [7, 11) is 0. The summed E-state index contributed by atoms with van der Waals surface area (Å²) in [6, 6.07) is 6.08. The Labute approximate surface area is 107 Å². The lowest BCUT2D eigenvalue weighted by Crippen LogP contribution is -2.23. The second-order valence-corrected chi connectivity index (χ2v) is 3.97. The minimum Gasteiger partial charge on any atom is -0.326 e. The summed E-state index contributed by atoms with van der Waals surface area (Å²) in [6.07, 6.45) is 0. The average molecular weight is 265 g/mol. The second-order valence-electron chi connectivity index (χ2n) is 3.58. The van der Waals surface area contributed by atoms with Crippen molar-refractivity contribution in [1.29, 1.82) is 0 Å². The Morgan fingerprint density at radius 2 is 2.06 bits per heavy atom. The Kier molecular flexibility index (Phi) is 3.38. The number of carbonyl (C=O) groups excluding carboxylic acids is 1. The third-order valence-electron chi connectivity index (χ3n) is 2.17. The van der Waals surface area contributed by atoms with Gasteiger partial charge < -0.3 is 10.3 Å². The summed E-state index contributed by atoms with van der Waals surface area (Å²) in [5.74, 6) is -0.322. The fourth-order valence-corrected chi connectivity index (χ4v) is 1.42. The molecule has 2 aromatic heterocycles. The molecule has 0 aliphatic heterocycles. The molecule has 1 amide bonds. The maximum absolute atomic E-state index is 11.8. The van der Waals surface area contributed by atoms with Gasteiger partial charge in [0.15, 0.2) is 11.0 Å². The first-order valence-corrected chi connectivity index (χ1v) is 5.44. The zero-order valence-corrected chi connectivity index (χ0v) is 10.2. The van der Waals surface area contributed by atoms with Crippen molar-refractivity contribution >= 4 is 23.3 Å². The second kappa shape index (κ2) is 4.97. The van der Waals surface area contributed by atoms with Crippen LogP contribution in [0, 0.1) is 6.92 Å². The lowest BCUT2D eigenvalue weighted by molar-refractivity contribution is 0.102. The molecular formula is C11H9ClN4O2. The molecule has 0 saturated heterocycles. The van der Waals surface area contributed by atoms with E-state index in [1.807, 2.05) is 0 Å². The van der Waals surface area contributed by atoms with E-state index in [0.29, 0.717) is 5.69 Å². The van der Waals surface area contributed by atoms with Crippen molar-refractivity contribution < 1.29 is 4.79 Å². The van der Waals surface area contributed by atoms with E-state index in [-0.39, 0.29) is 16.5 Å². The van der Waals surface area contributed by atoms with Crippen LogP contribution in [-0.4, -0.2) is 21.1 Å². The number of nitrogens with zero attached hydrogens (tertiary/aromatic N) is 2. The van der Waals surface area contributed by atoms with E-state index in [4.69, 9.17) is 11.6 Å². The highest BCUT2D eigenvalue weighted by atomic mass is 35.5. The first kappa shape index (κ1) is 12.3. The first-order valence-electron chi connectivity index (χ1n) is 5.07. The molecule has 92 valence electrons. The topological polar surface area (TPSA) is 87.7 Å². The van der Waals surface area contributed by atoms with Crippen LogP contribution in [0.25, 0.3) is 0 Å². The lowest BCUT2D eigenvalue weighted by Gasteiger charge is -2.03. The highest BCUT2D eigenvalue weighted by molar-refractivity contribution is 6.29. The molecule has 0 aliphatic rings. The van der Waals surface area contributed by atoms with E-state index < -0.39 is 11.5 Å². The summed E-state index contributed by atoms with van der Waals surface area (Å²) < 4.78 is 0. The minimum atomic E-state index is -0.548. The third kappa shape index (κ3) is 2.72. The molecule has 2 N–H and O–H groups in total. The minimum absolute atomic E-state index is 0.0114. The van der Waals surface area contributed by atoms with Gasteiger partial charge in [-0.25, -0.2) is 0 Å². The average Bonchev–Trinajstić information content (AvgIpc) is 2.32. The zero-order chi connectivity index (χ0) is 13.1. The van der Waals surface area contributed by atoms with E-state index in [2.05, 4.69) is 20.5 Å². The molecule has 0 aromatic carbocycles. The predicted molar refractivity (Wildman–Crippen MR) is 66.8 cm³/mol. The zero-order valence-electron chi connectivity index (χ0n) is 9.40. The number of halogens is 1. The van der Waals surface area contributed by atoms with Gasteiger partial charge in [-0.1, -0.05) is 11.6 Å². The molecule has 0 saturated carbocycles. The molecule has 2 heterocycles. The molecule has 0 atom stereocenters. The van der Waals surface area contributed by atoms with Crippen molar-refractivity contribution in [1.82, 2.24) is 15.2 Å². The summed E-state index contributed by atoms with van der Waals surface area (Å²) in [4.78, 5) is 25.9. The molecule has 0 unspecified atom stereocenters. The number of anilines is 1. The van der Waals surface area contributed by atoms with Gasteiger partial charge in [-0.15, -0.1) is 10.2 Å². The fourth-order valence-electron chi connectivity index (χ4n) is 1.32. The van der Waals surface area contributed by atoms with Gasteiger partial charge in [0.2, 0.25) is 0 Å². The molecule has 2 aromatic rings. The molecule has 0 spiro atoms. The number of hydrogen-bond acceptors (Lipinski definition) is 4. The van der Waals surface area contributed by atoms with Crippen LogP contribution in [0.15, 0.2) is 29.1 Å². The molecule has 2 rings (SSSR count). The SMILES string of the molecule is Cc1ccc(C(=O)Nc2ccc(Cl)nn2)c(=O)[nH]1. The van der Waals surface area contributed by atoms with Gasteiger partial charge in [0.05, 0.1) is 0 Å². The number of pyridine rings is 1. The van der Waals surface area contributed by atoms with Crippen molar-refractivity contribution in [2.75, 3.05) is 5.32 Å². The Balaban J connectivity index is 2.22. The Morgan fingerprint density at radius 1 is 1.28 bits per heavy atom. The van der Waals surface area contributed by atoms with Gasteiger partial charge in [0.1, 0.15) is 5.56 Å². The lowest BCUT2D eigenvalue weighted by atomic mass is 10.2. The van der Waals surface area contributed by atoms with E-state index in [1.165, 1.54) is 18.2 Å². The van der Waals surface area contributed by atoms with E-state index >= 15 is 0 Å². The van der Waals surface area contributed by atoms with Crippen LogP contribution in [0.2, 0.25) is 5.15 Å². The highest BCUT2D eigenvalue weighted by Gasteiger charge is 2.11. The number of nitrogens with one attached hydrogen (secondary N) is 2.